The molecule has 1 saturated heterocycles. The summed E-state index contributed by atoms with van der Waals surface area (Å²) < 4.78 is 42.0. The van der Waals surface area contributed by atoms with Gasteiger partial charge in [0.2, 0.25) is 6.10 Å². The number of aliphatic hydroxyl groups is 2. The maximum atomic E-state index is 15.8. The molecule has 20 nitrogen and oxygen atoms in total. The Morgan fingerprint density at radius 2 is 1.45 bits per heavy atom. The lowest BCUT2D eigenvalue weighted by molar-refractivity contribution is -0.384. The van der Waals surface area contributed by atoms with Crippen LogP contribution in [-0.2, 0) is 52.3 Å². The molecule has 2 bridgehead atoms. The summed E-state index contributed by atoms with van der Waals surface area (Å²) in [6.45, 7) is 7.28. The Morgan fingerprint density at radius 3 is 2.03 bits per heavy atom. The second-order valence-corrected chi connectivity index (χ2v) is 20.3. The van der Waals surface area contributed by atoms with Crippen molar-refractivity contribution in [2.75, 3.05) is 13.2 Å². The molecular weight excluding hydrogens is 1000 g/mol. The first-order valence-corrected chi connectivity index (χ1v) is 24.8. The number of esters is 4. The number of nitro groups is 1. The zero-order valence-electron chi connectivity index (χ0n) is 42.9. The molecule has 8 rings (SSSR count). The van der Waals surface area contributed by atoms with Crippen molar-refractivity contribution in [3.8, 4) is 0 Å². The van der Waals surface area contributed by atoms with Crippen LogP contribution in [0.2, 0.25) is 0 Å². The lowest BCUT2D eigenvalue weighted by Crippen LogP contribution is -2.82. The molecule has 3 N–H and O–H groups in total. The first-order chi connectivity index (χ1) is 36.5. The molecule has 0 radical (unpaired) electrons. The third-order valence-electron chi connectivity index (χ3n) is 15.4. The van der Waals surface area contributed by atoms with E-state index >= 15 is 9.59 Å². The van der Waals surface area contributed by atoms with E-state index in [0.29, 0.717) is 5.56 Å². The molecule has 77 heavy (non-hydrogen) atoms. The molecule has 4 aromatic carbocycles. The Morgan fingerprint density at radius 1 is 0.844 bits per heavy atom. The fraction of sp³-hybridized carbons (Fsp3) is 0.386. The number of ketones is 1. The topological polar surface area (TPSA) is 280 Å². The van der Waals surface area contributed by atoms with Crippen LogP contribution in [0.1, 0.15) is 92.3 Å². The molecular formula is C57H58N2O18. The van der Waals surface area contributed by atoms with Crippen molar-refractivity contribution < 1.29 is 81.9 Å². The maximum absolute atomic E-state index is 15.8. The summed E-state index contributed by atoms with van der Waals surface area (Å²) in [4.78, 5) is 110. The van der Waals surface area contributed by atoms with E-state index in [1.807, 2.05) is 0 Å². The van der Waals surface area contributed by atoms with Gasteiger partial charge >= 0.3 is 30.0 Å². The first-order valence-electron chi connectivity index (χ1n) is 24.8. The van der Waals surface area contributed by atoms with Crippen molar-refractivity contribution in [2.24, 2.45) is 16.7 Å². The highest BCUT2D eigenvalue weighted by Crippen LogP contribution is 2.64. The van der Waals surface area contributed by atoms with Crippen LogP contribution in [0, 0.1) is 26.9 Å². The van der Waals surface area contributed by atoms with E-state index < -0.39 is 130 Å². The van der Waals surface area contributed by atoms with Crippen LogP contribution in [-0.4, -0.2) is 118 Å². The van der Waals surface area contributed by atoms with Gasteiger partial charge in [0.25, 0.3) is 11.6 Å². The van der Waals surface area contributed by atoms with Crippen molar-refractivity contribution in [3.05, 3.63) is 165 Å². The number of benzene rings is 4. The number of carbonyl (C=O) groups excluding carboxylic acids is 7. The fourth-order valence-electron chi connectivity index (χ4n) is 11.4. The zero-order chi connectivity index (χ0) is 55.6. The number of aliphatic hydroxyl groups excluding tert-OH is 1. The average Bonchev–Trinajstić information content (AvgIpc) is 3.59. The smallest absolute Gasteiger partial charge is 0.455 e. The van der Waals surface area contributed by atoms with Gasteiger partial charge in [0, 0.05) is 49.8 Å². The van der Waals surface area contributed by atoms with Crippen LogP contribution < -0.4 is 5.32 Å². The van der Waals surface area contributed by atoms with Crippen LogP contribution in [0.3, 0.4) is 0 Å². The maximum Gasteiger partial charge on any atom is 0.509 e. The second kappa shape index (κ2) is 21.9. The predicted octanol–water partition coefficient (Wildman–Crippen LogP) is 6.52. The number of nitrogens with one attached hydrogen (secondary N) is 1. The largest absolute Gasteiger partial charge is 0.509 e. The summed E-state index contributed by atoms with van der Waals surface area (Å²) in [5, 5.41) is 40.1. The van der Waals surface area contributed by atoms with Crippen molar-refractivity contribution in [2.45, 2.75) is 108 Å². The van der Waals surface area contributed by atoms with E-state index in [1.165, 1.54) is 88.4 Å². The summed E-state index contributed by atoms with van der Waals surface area (Å²) in [7, 11) is 0. The summed E-state index contributed by atoms with van der Waals surface area (Å²) in [6.07, 6.45) is -9.70. The molecule has 3 aliphatic carbocycles. The van der Waals surface area contributed by atoms with Crippen molar-refractivity contribution in [1.82, 2.24) is 5.32 Å². The lowest BCUT2D eigenvalue weighted by Gasteiger charge is -2.67. The fourth-order valence-corrected chi connectivity index (χ4v) is 11.4. The molecule has 1 aliphatic heterocycles. The number of rotatable bonds is 15. The quantitative estimate of drug-likeness (QED) is 0.0376. The van der Waals surface area contributed by atoms with Gasteiger partial charge in [-0.3, -0.25) is 29.3 Å². The van der Waals surface area contributed by atoms with Gasteiger partial charge in [-0.15, -0.1) is 0 Å². The van der Waals surface area contributed by atoms with Gasteiger partial charge in [-0.05, 0) is 78.6 Å². The third kappa shape index (κ3) is 10.5. The van der Waals surface area contributed by atoms with Gasteiger partial charge in [0.05, 0.1) is 34.5 Å². The minimum atomic E-state index is -2.52. The van der Waals surface area contributed by atoms with E-state index in [4.69, 9.17) is 33.2 Å². The Kier molecular flexibility index (Phi) is 15.7. The molecule has 3 fully saturated rings. The molecule has 404 valence electrons. The number of carbonyl (C=O) groups is 7. The number of nitro benzene ring substituents is 1. The Hall–Kier alpha value is -8.07. The number of nitrogens with zero attached hydrogens (tertiary/aromatic N) is 1. The number of fused-ring (bicyclic) bond motifs is 5. The van der Waals surface area contributed by atoms with E-state index in [-0.39, 0.29) is 46.6 Å². The molecule has 4 aromatic rings. The highest BCUT2D eigenvalue weighted by Gasteiger charge is 2.78. The highest BCUT2D eigenvalue weighted by atomic mass is 16.7. The van der Waals surface area contributed by atoms with Gasteiger partial charge < -0.3 is 48.7 Å². The summed E-state index contributed by atoms with van der Waals surface area (Å²) in [5.74, 6) is -7.34. The third-order valence-corrected chi connectivity index (χ3v) is 15.4. The Bertz CT molecular complexity index is 3000. The number of hydrogen-bond acceptors (Lipinski definition) is 18. The van der Waals surface area contributed by atoms with Gasteiger partial charge in [0.15, 0.2) is 17.5 Å². The molecule has 1 amide bonds. The highest BCUT2D eigenvalue weighted by molar-refractivity contribution is 5.96. The SMILES string of the molecule is CC(=O)O[C@H]1C(=O)[C@@]2(C)C(C(OC(=O)c3ccccc3)[C@]3(O)C[C@H](OC(=O)[C@H](OC(=O)OC/C=C/c4ccc([N+](=O)[O-])cc4)[C@@H](NC(=O)c4ccccc4)c4ccccc4)C(C)=C1C3(C)C)[C@]1(OC(C)=O)CO[C@@H]1C[C@@H]2O. The summed E-state index contributed by atoms with van der Waals surface area (Å²) in [5.41, 5.74) is -7.45. The van der Waals surface area contributed by atoms with Crippen LogP contribution in [0.15, 0.2) is 132 Å². The minimum absolute atomic E-state index is 0.0186. The van der Waals surface area contributed by atoms with E-state index in [1.54, 1.807) is 66.7 Å². The van der Waals surface area contributed by atoms with Gasteiger partial charge in [0.1, 0.15) is 36.6 Å². The molecule has 2 saturated carbocycles. The van der Waals surface area contributed by atoms with Gasteiger partial charge in [-0.2, -0.15) is 0 Å². The first kappa shape index (κ1) is 55.2. The second-order valence-electron chi connectivity index (χ2n) is 20.3. The molecule has 0 aromatic heterocycles. The standard InChI is InChI=1S/C57H58N2O18/c1-32-40(74-52(66)46(75-53(67)71-28-16-17-35-24-26-39(27-25-35)59(69)70)44(36-18-10-7-11-19-36)58-50(64)37-20-12-8-13-21-37)30-57(68)49(76-51(65)38-22-14-9-15-23-38)47-55(6,41(62)29-42-56(47,31-72-42)77-34(3)61)48(63)45(73-33(2)60)43(32)54(57,4)5/h7-27,40-42,44-47,49,62,68H,28-31H2,1-6H3,(H,58,64)/b17-16+/t40-,41-,42+,44-,45+,46+,47?,49?,55+,56-,57+/m0/s1. The minimum Gasteiger partial charge on any atom is -0.455 e. The van der Waals surface area contributed by atoms with Gasteiger partial charge in [-0.25, -0.2) is 14.4 Å². The van der Waals surface area contributed by atoms with Gasteiger partial charge in [-0.1, -0.05) is 86.7 Å². The molecule has 4 aliphatic rings. The summed E-state index contributed by atoms with van der Waals surface area (Å²) in [6, 6.07) is 27.7. The van der Waals surface area contributed by atoms with Crippen molar-refractivity contribution >= 4 is 53.5 Å². The molecule has 1 heterocycles. The van der Waals surface area contributed by atoms with E-state index in [9.17, 15) is 44.3 Å². The molecule has 20 heteroatoms. The number of non-ortho nitro benzene ring substituents is 1. The number of Topliss-reactive ketones (excluding diaryl/α,β-unsaturated/α-hetero) is 1. The van der Waals surface area contributed by atoms with Crippen molar-refractivity contribution in [1.29, 1.82) is 0 Å². The average molecular weight is 1060 g/mol. The zero-order valence-corrected chi connectivity index (χ0v) is 42.9. The Balaban J connectivity index is 1.25. The lowest BCUT2D eigenvalue weighted by atomic mass is 9.44. The monoisotopic (exact) mass is 1060 g/mol. The molecule has 0 spiro atoms. The van der Waals surface area contributed by atoms with Crippen LogP contribution in [0.5, 0.6) is 0 Å². The predicted molar refractivity (Wildman–Crippen MR) is 270 cm³/mol. The van der Waals surface area contributed by atoms with E-state index in [2.05, 4.69) is 5.32 Å². The van der Waals surface area contributed by atoms with E-state index in [0.717, 1.165) is 13.8 Å². The Labute approximate surface area is 442 Å². The van der Waals surface area contributed by atoms with Crippen molar-refractivity contribution in [3.63, 3.8) is 0 Å². The number of amides is 1. The number of hydrogen-bond donors (Lipinski definition) is 3. The molecule has 11 atom stereocenters. The summed E-state index contributed by atoms with van der Waals surface area (Å²) >= 11 is 0. The van der Waals surface area contributed by atoms with Crippen LogP contribution >= 0.6 is 0 Å². The van der Waals surface area contributed by atoms with Crippen LogP contribution in [0.4, 0.5) is 10.5 Å². The molecule has 2 unspecified atom stereocenters. The number of ether oxygens (including phenoxy) is 7. The van der Waals surface area contributed by atoms with Crippen LogP contribution in [0.25, 0.3) is 6.08 Å². The normalized spacial score (nSPS) is 27.8.